The maximum absolute atomic E-state index is 12.0. The highest BCUT2D eigenvalue weighted by molar-refractivity contribution is 9.10. The molecule has 22 heavy (non-hydrogen) atoms. The van der Waals surface area contributed by atoms with E-state index in [2.05, 4.69) is 26.6 Å². The van der Waals surface area contributed by atoms with Crippen LogP contribution >= 0.6 is 27.5 Å². The fourth-order valence-corrected chi connectivity index (χ4v) is 2.64. The summed E-state index contributed by atoms with van der Waals surface area (Å²) in [6, 6.07) is 12.2. The molecule has 0 bridgehead atoms. The Kier molecular flexibility index (Phi) is 5.57. The lowest BCUT2D eigenvalue weighted by molar-refractivity contribution is -0.114. The maximum Gasteiger partial charge on any atom is 0.243 e. The van der Waals surface area contributed by atoms with Crippen molar-refractivity contribution in [2.24, 2.45) is 0 Å². The molecule has 4 nitrogen and oxygen atoms in total. The van der Waals surface area contributed by atoms with Crippen LogP contribution in [0.2, 0.25) is 5.02 Å². The van der Waals surface area contributed by atoms with Crippen molar-refractivity contribution in [3.8, 4) is 0 Å². The number of carbonyl (C=O) groups excluding carboxylic acids is 2. The molecule has 0 aliphatic carbocycles. The third-order valence-electron chi connectivity index (χ3n) is 2.95. The molecule has 0 unspecified atom stereocenters. The molecule has 2 N–H and O–H groups in total. The van der Waals surface area contributed by atoms with Crippen LogP contribution in [-0.2, 0) is 4.79 Å². The Labute approximate surface area is 142 Å². The first-order valence-electron chi connectivity index (χ1n) is 6.56. The third kappa shape index (κ3) is 4.32. The zero-order chi connectivity index (χ0) is 16.1. The fourth-order valence-electron chi connectivity index (χ4n) is 1.90. The molecule has 0 aromatic heterocycles. The second kappa shape index (κ2) is 7.42. The molecule has 2 aromatic rings. The first-order valence-corrected chi connectivity index (χ1v) is 7.73. The van der Waals surface area contributed by atoms with E-state index in [1.807, 2.05) is 6.07 Å². The Bertz CT molecular complexity index is 719. The number of anilines is 2. The molecule has 0 heterocycles. The Morgan fingerprint density at radius 1 is 1.14 bits per heavy atom. The Balaban J connectivity index is 2.00. The van der Waals surface area contributed by atoms with Gasteiger partial charge in [-0.2, -0.15) is 0 Å². The van der Waals surface area contributed by atoms with Gasteiger partial charge < -0.3 is 10.6 Å². The van der Waals surface area contributed by atoms with E-state index in [0.29, 0.717) is 22.0 Å². The highest BCUT2D eigenvalue weighted by Gasteiger charge is 2.10. The van der Waals surface area contributed by atoms with Crippen LogP contribution < -0.4 is 10.6 Å². The topological polar surface area (TPSA) is 58.2 Å². The van der Waals surface area contributed by atoms with Crippen molar-refractivity contribution in [1.82, 2.24) is 0 Å². The molecule has 0 atom stereocenters. The Morgan fingerprint density at radius 2 is 1.86 bits per heavy atom. The molecule has 114 valence electrons. The monoisotopic (exact) mass is 380 g/mol. The quantitative estimate of drug-likeness (QED) is 0.757. The summed E-state index contributed by atoms with van der Waals surface area (Å²) in [5, 5.41) is 6.20. The van der Waals surface area contributed by atoms with Gasteiger partial charge in [0.05, 0.1) is 22.9 Å². The van der Waals surface area contributed by atoms with Gasteiger partial charge >= 0.3 is 0 Å². The highest BCUT2D eigenvalue weighted by Crippen LogP contribution is 2.25. The van der Waals surface area contributed by atoms with E-state index < -0.39 is 0 Å². The first-order chi connectivity index (χ1) is 10.5. The van der Waals surface area contributed by atoms with Crippen LogP contribution in [0.5, 0.6) is 0 Å². The summed E-state index contributed by atoms with van der Waals surface area (Å²) >= 11 is 9.39. The number of carbonyl (C=O) groups is 2. The summed E-state index contributed by atoms with van der Waals surface area (Å²) in [5.41, 5.74) is 1.65. The Hall–Kier alpha value is -1.85. The number of amides is 1. The number of para-hydroxylation sites is 1. The van der Waals surface area contributed by atoms with Gasteiger partial charge in [-0.15, -0.1) is 0 Å². The summed E-state index contributed by atoms with van der Waals surface area (Å²) in [6.45, 7) is 1.51. The molecule has 0 aliphatic heterocycles. The van der Waals surface area contributed by atoms with E-state index in [4.69, 9.17) is 11.6 Å². The molecule has 1 amide bonds. The summed E-state index contributed by atoms with van der Waals surface area (Å²) in [5.74, 6) is -0.354. The van der Waals surface area contributed by atoms with Crippen LogP contribution in [0.25, 0.3) is 0 Å². The van der Waals surface area contributed by atoms with E-state index >= 15 is 0 Å². The van der Waals surface area contributed by atoms with Gasteiger partial charge in [0.15, 0.2) is 5.78 Å². The van der Waals surface area contributed by atoms with Gasteiger partial charge in [0, 0.05) is 10.0 Å². The molecule has 0 saturated heterocycles. The number of ketones is 1. The predicted octanol–water partition coefficient (Wildman–Crippen LogP) is 4.36. The van der Waals surface area contributed by atoms with Crippen LogP contribution in [0.15, 0.2) is 46.9 Å². The van der Waals surface area contributed by atoms with Gasteiger partial charge in [0.1, 0.15) is 0 Å². The van der Waals surface area contributed by atoms with Gasteiger partial charge in [-0.05, 0) is 37.3 Å². The van der Waals surface area contributed by atoms with Gasteiger partial charge in [0.2, 0.25) is 5.91 Å². The van der Waals surface area contributed by atoms with Crippen LogP contribution in [0.3, 0.4) is 0 Å². The molecule has 0 fully saturated rings. The number of rotatable bonds is 5. The Morgan fingerprint density at radius 3 is 2.55 bits per heavy atom. The van der Waals surface area contributed by atoms with Crippen molar-refractivity contribution in [1.29, 1.82) is 0 Å². The SMILES string of the molecule is CC(=O)c1ccccc1NC(=O)CNc1ccc(Br)cc1Cl. The standard InChI is InChI=1S/C16H14BrClN2O2/c1-10(21)12-4-2-3-5-14(12)20-16(22)9-19-15-7-6-11(17)8-13(15)18/h2-8,19H,9H2,1H3,(H,20,22). The van der Waals surface area contributed by atoms with Crippen molar-refractivity contribution in [2.75, 3.05) is 17.2 Å². The molecule has 0 spiro atoms. The molecule has 6 heteroatoms. The minimum Gasteiger partial charge on any atom is -0.375 e. The lowest BCUT2D eigenvalue weighted by atomic mass is 10.1. The zero-order valence-corrected chi connectivity index (χ0v) is 14.2. The maximum atomic E-state index is 12.0. The number of benzene rings is 2. The van der Waals surface area contributed by atoms with Crippen molar-refractivity contribution in [3.05, 3.63) is 57.5 Å². The molecule has 2 rings (SSSR count). The summed E-state index contributed by atoms with van der Waals surface area (Å²) in [4.78, 5) is 23.5. The van der Waals surface area contributed by atoms with E-state index in [1.54, 1.807) is 36.4 Å². The zero-order valence-electron chi connectivity index (χ0n) is 11.8. The van der Waals surface area contributed by atoms with E-state index in [1.165, 1.54) is 6.92 Å². The van der Waals surface area contributed by atoms with Crippen molar-refractivity contribution < 1.29 is 9.59 Å². The molecule has 0 aliphatic rings. The summed E-state index contributed by atoms with van der Waals surface area (Å²) in [7, 11) is 0. The fraction of sp³-hybridized carbons (Fsp3) is 0.125. The third-order valence-corrected chi connectivity index (χ3v) is 3.76. The average molecular weight is 382 g/mol. The lowest BCUT2D eigenvalue weighted by Gasteiger charge is -2.11. The normalized spacial score (nSPS) is 10.1. The minimum atomic E-state index is -0.257. The van der Waals surface area contributed by atoms with Gasteiger partial charge in [-0.3, -0.25) is 9.59 Å². The molecular weight excluding hydrogens is 368 g/mol. The van der Waals surface area contributed by atoms with E-state index in [9.17, 15) is 9.59 Å². The van der Waals surface area contributed by atoms with Gasteiger partial charge in [0.25, 0.3) is 0 Å². The smallest absolute Gasteiger partial charge is 0.243 e. The molecule has 0 saturated carbocycles. The van der Waals surface area contributed by atoms with Crippen LogP contribution in [0.1, 0.15) is 17.3 Å². The van der Waals surface area contributed by atoms with E-state index in [-0.39, 0.29) is 18.2 Å². The summed E-state index contributed by atoms with van der Waals surface area (Å²) < 4.78 is 0.864. The largest absolute Gasteiger partial charge is 0.375 e. The van der Waals surface area contributed by atoms with Crippen LogP contribution in [-0.4, -0.2) is 18.2 Å². The van der Waals surface area contributed by atoms with Crippen molar-refractivity contribution in [3.63, 3.8) is 0 Å². The number of nitrogens with one attached hydrogen (secondary N) is 2. The van der Waals surface area contributed by atoms with Gasteiger partial charge in [-0.25, -0.2) is 0 Å². The minimum absolute atomic E-state index is 0.0492. The number of hydrogen-bond acceptors (Lipinski definition) is 3. The number of halogens is 2. The van der Waals surface area contributed by atoms with Crippen LogP contribution in [0.4, 0.5) is 11.4 Å². The van der Waals surface area contributed by atoms with Crippen LogP contribution in [0, 0.1) is 0 Å². The van der Waals surface area contributed by atoms with Crippen molar-refractivity contribution in [2.45, 2.75) is 6.92 Å². The van der Waals surface area contributed by atoms with Gasteiger partial charge in [-0.1, -0.05) is 39.7 Å². The second-order valence-electron chi connectivity index (χ2n) is 4.63. The van der Waals surface area contributed by atoms with Crippen molar-refractivity contribution >= 4 is 50.6 Å². The molecule has 0 radical (unpaired) electrons. The highest BCUT2D eigenvalue weighted by atomic mass is 79.9. The molecular formula is C16H14BrClN2O2. The summed E-state index contributed by atoms with van der Waals surface area (Å²) in [6.07, 6.45) is 0. The van der Waals surface area contributed by atoms with E-state index in [0.717, 1.165) is 4.47 Å². The second-order valence-corrected chi connectivity index (χ2v) is 5.95. The number of Topliss-reactive ketones (excluding diaryl/α,β-unsaturated/α-hetero) is 1. The number of hydrogen-bond donors (Lipinski definition) is 2. The predicted molar refractivity (Wildman–Crippen MR) is 92.7 cm³/mol. The molecule has 2 aromatic carbocycles. The average Bonchev–Trinajstić information content (AvgIpc) is 2.46. The lowest BCUT2D eigenvalue weighted by Crippen LogP contribution is -2.22. The first kappa shape index (κ1) is 16.5.